The molecule has 0 unspecified atom stereocenters. The summed E-state index contributed by atoms with van der Waals surface area (Å²) in [5.41, 5.74) is -0.518. The van der Waals surface area contributed by atoms with Gasteiger partial charge in [-0.2, -0.15) is 17.5 Å². The van der Waals surface area contributed by atoms with E-state index in [1.165, 1.54) is 33.0 Å². The van der Waals surface area contributed by atoms with E-state index in [1.54, 1.807) is 0 Å². The number of rotatable bonds is 4. The van der Waals surface area contributed by atoms with Gasteiger partial charge >= 0.3 is 6.18 Å². The quantitative estimate of drug-likeness (QED) is 0.756. The number of benzene rings is 1. The summed E-state index contributed by atoms with van der Waals surface area (Å²) in [5.74, 6) is 0. The zero-order chi connectivity index (χ0) is 20.7. The van der Waals surface area contributed by atoms with Crippen LogP contribution in [0, 0.1) is 13.8 Å². The summed E-state index contributed by atoms with van der Waals surface area (Å²) in [6.07, 6.45) is -4.86. The third kappa shape index (κ3) is 4.04. The minimum atomic E-state index is -4.86. The van der Waals surface area contributed by atoms with E-state index < -0.39 is 27.8 Å². The van der Waals surface area contributed by atoms with Gasteiger partial charge in [-0.3, -0.25) is 4.79 Å². The second-order valence-corrected chi connectivity index (χ2v) is 8.56. The molecule has 0 spiro atoms. The Balaban J connectivity index is 2.66. The van der Waals surface area contributed by atoms with Crippen molar-refractivity contribution in [3.8, 4) is 0 Å². The molecule has 1 aromatic carbocycles. The number of pyridine rings is 1. The molecule has 0 aliphatic rings. The van der Waals surface area contributed by atoms with Crippen LogP contribution < -0.4 is 5.56 Å². The molecule has 1 heterocycles. The average molecular weight is 423 g/mol. The van der Waals surface area contributed by atoms with E-state index in [0.717, 1.165) is 29.8 Å². The zero-order valence-corrected chi connectivity index (χ0v) is 16.6. The summed E-state index contributed by atoms with van der Waals surface area (Å²) in [7, 11) is -2.32. The first-order valence-electron chi connectivity index (χ1n) is 7.76. The fourth-order valence-corrected chi connectivity index (χ4v) is 4.54. The normalized spacial score (nSPS) is 13.8. The predicted molar refractivity (Wildman–Crippen MR) is 96.4 cm³/mol. The van der Waals surface area contributed by atoms with Crippen LogP contribution in [0.4, 0.5) is 13.2 Å². The van der Waals surface area contributed by atoms with Crippen molar-refractivity contribution in [3.05, 3.63) is 62.5 Å². The Bertz CT molecular complexity index is 1020. The first-order valence-corrected chi connectivity index (χ1v) is 9.57. The Morgan fingerprint density at radius 2 is 1.67 bits per heavy atom. The van der Waals surface area contributed by atoms with Crippen LogP contribution in [0.25, 0.3) is 0 Å². The molecule has 1 aromatic heterocycles. The Morgan fingerprint density at radius 1 is 1.15 bits per heavy atom. The van der Waals surface area contributed by atoms with Crippen LogP contribution in [0.5, 0.6) is 0 Å². The third-order valence-corrected chi connectivity index (χ3v) is 6.56. The lowest BCUT2D eigenvalue weighted by Gasteiger charge is -2.30. The van der Waals surface area contributed by atoms with Gasteiger partial charge in [0.05, 0.1) is 0 Å². The Morgan fingerprint density at radius 3 is 2.15 bits per heavy atom. The monoisotopic (exact) mass is 422 g/mol. The molecule has 0 saturated carbocycles. The summed E-state index contributed by atoms with van der Waals surface area (Å²) in [4.78, 5) is 11.6. The first kappa shape index (κ1) is 21.5. The molecule has 0 amide bonds. The van der Waals surface area contributed by atoms with Crippen LogP contribution in [0.2, 0.25) is 5.02 Å². The van der Waals surface area contributed by atoms with E-state index in [0.29, 0.717) is 0 Å². The molecular formula is C17H18ClF3N2O3S. The SMILES string of the molecule is Cc1cc(S(=O)(=O)N(C)[C@H](c2ccc(Cl)cc2)C(F)(F)F)c(C)n(C)c1=O. The molecule has 0 aliphatic carbocycles. The van der Waals surface area contributed by atoms with Crippen LogP contribution in [0.3, 0.4) is 0 Å². The maximum Gasteiger partial charge on any atom is 0.409 e. The molecule has 1 atom stereocenters. The highest BCUT2D eigenvalue weighted by molar-refractivity contribution is 7.89. The van der Waals surface area contributed by atoms with Crippen molar-refractivity contribution in [2.45, 2.75) is 31.0 Å². The highest BCUT2D eigenvalue weighted by Gasteiger charge is 2.48. The summed E-state index contributed by atoms with van der Waals surface area (Å²) in [6, 6.07) is 3.47. The summed E-state index contributed by atoms with van der Waals surface area (Å²) < 4.78 is 68.5. The molecule has 2 aromatic rings. The highest BCUT2D eigenvalue weighted by Crippen LogP contribution is 2.40. The van der Waals surface area contributed by atoms with E-state index in [1.807, 2.05) is 0 Å². The van der Waals surface area contributed by atoms with Crippen molar-refractivity contribution < 1.29 is 21.6 Å². The second-order valence-electron chi connectivity index (χ2n) is 6.16. The Labute approximate surface area is 160 Å². The van der Waals surface area contributed by atoms with Crippen molar-refractivity contribution in [1.29, 1.82) is 0 Å². The number of alkyl halides is 3. The lowest BCUT2D eigenvalue weighted by atomic mass is 10.1. The molecule has 0 fully saturated rings. The van der Waals surface area contributed by atoms with Crippen LogP contribution in [-0.2, 0) is 17.1 Å². The second kappa shape index (κ2) is 7.29. The highest BCUT2D eigenvalue weighted by atomic mass is 35.5. The number of aryl methyl sites for hydroxylation is 1. The van der Waals surface area contributed by atoms with Gasteiger partial charge in [-0.1, -0.05) is 23.7 Å². The standard InChI is InChI=1S/C17H18ClF3N2O3S/c1-10-9-14(11(2)22(3)16(10)24)27(25,26)23(4)15(17(19,20)21)12-5-7-13(18)8-6-12/h5-9,15H,1-4H3/t15-/m1/s1. The van der Waals surface area contributed by atoms with Gasteiger partial charge in [0.25, 0.3) is 5.56 Å². The largest absolute Gasteiger partial charge is 0.409 e. The van der Waals surface area contributed by atoms with Crippen molar-refractivity contribution >= 4 is 21.6 Å². The van der Waals surface area contributed by atoms with Gasteiger partial charge in [0.1, 0.15) is 10.9 Å². The fourth-order valence-electron chi connectivity index (χ4n) is 2.75. The zero-order valence-electron chi connectivity index (χ0n) is 15.0. The molecule has 0 bridgehead atoms. The smallest absolute Gasteiger partial charge is 0.314 e. The fraction of sp³-hybridized carbons (Fsp3) is 0.353. The van der Waals surface area contributed by atoms with Crippen molar-refractivity contribution in [2.75, 3.05) is 7.05 Å². The molecule has 0 saturated heterocycles. The van der Waals surface area contributed by atoms with Crippen LogP contribution in [0.15, 0.2) is 40.0 Å². The molecule has 2 rings (SSSR count). The van der Waals surface area contributed by atoms with Gasteiger partial charge in [-0.05, 0) is 37.6 Å². The number of aromatic nitrogens is 1. The van der Waals surface area contributed by atoms with Gasteiger partial charge in [0, 0.05) is 30.4 Å². The molecule has 148 valence electrons. The lowest BCUT2D eigenvalue weighted by molar-refractivity contribution is -0.171. The number of halogens is 4. The summed E-state index contributed by atoms with van der Waals surface area (Å²) >= 11 is 5.72. The average Bonchev–Trinajstić information content (AvgIpc) is 2.56. The maximum absolute atomic E-state index is 13.7. The van der Waals surface area contributed by atoms with E-state index in [9.17, 15) is 26.4 Å². The van der Waals surface area contributed by atoms with E-state index in [4.69, 9.17) is 11.6 Å². The van der Waals surface area contributed by atoms with Crippen molar-refractivity contribution in [3.63, 3.8) is 0 Å². The molecule has 0 N–H and O–H groups in total. The molecule has 0 radical (unpaired) electrons. The Kier molecular flexibility index (Phi) is 5.79. The lowest BCUT2D eigenvalue weighted by Crippen LogP contribution is -2.40. The maximum atomic E-state index is 13.7. The van der Waals surface area contributed by atoms with Gasteiger partial charge in [-0.25, -0.2) is 8.42 Å². The summed E-state index contributed by atoms with van der Waals surface area (Å²) in [5, 5.41) is 0.231. The topological polar surface area (TPSA) is 59.4 Å². The van der Waals surface area contributed by atoms with Crippen LogP contribution in [-0.4, -0.2) is 30.5 Å². The Hall–Kier alpha value is -1.84. The molecule has 27 heavy (non-hydrogen) atoms. The number of nitrogens with zero attached hydrogens (tertiary/aromatic N) is 2. The van der Waals surface area contributed by atoms with E-state index >= 15 is 0 Å². The molecule has 5 nitrogen and oxygen atoms in total. The van der Waals surface area contributed by atoms with Gasteiger partial charge in [0.15, 0.2) is 0 Å². The first-order chi connectivity index (χ1) is 12.3. The minimum Gasteiger partial charge on any atom is -0.314 e. The number of hydrogen-bond donors (Lipinski definition) is 0. The van der Waals surface area contributed by atoms with Gasteiger partial charge in [-0.15, -0.1) is 0 Å². The van der Waals surface area contributed by atoms with Crippen molar-refractivity contribution in [1.82, 2.24) is 8.87 Å². The number of hydrogen-bond acceptors (Lipinski definition) is 3. The van der Waals surface area contributed by atoms with Crippen LogP contribution in [0.1, 0.15) is 22.9 Å². The number of sulfonamides is 1. The van der Waals surface area contributed by atoms with Crippen LogP contribution >= 0.6 is 11.6 Å². The predicted octanol–water partition coefficient (Wildman–Crippen LogP) is 3.58. The molecule has 10 heteroatoms. The molecule has 0 aliphatic heterocycles. The van der Waals surface area contributed by atoms with E-state index in [-0.39, 0.29) is 31.0 Å². The van der Waals surface area contributed by atoms with Gasteiger partial charge in [0.2, 0.25) is 10.0 Å². The molecular weight excluding hydrogens is 405 g/mol. The minimum absolute atomic E-state index is 0.0504. The van der Waals surface area contributed by atoms with Crippen molar-refractivity contribution in [2.24, 2.45) is 7.05 Å². The van der Waals surface area contributed by atoms with Gasteiger partial charge < -0.3 is 4.57 Å². The third-order valence-electron chi connectivity index (χ3n) is 4.37. The summed E-state index contributed by atoms with van der Waals surface area (Å²) in [6.45, 7) is 2.77. The van der Waals surface area contributed by atoms with E-state index in [2.05, 4.69) is 0 Å².